The highest BCUT2D eigenvalue weighted by molar-refractivity contribution is 7.92. The van der Waals surface area contributed by atoms with Crippen molar-refractivity contribution < 1.29 is 31.9 Å². The molecule has 0 aromatic heterocycles. The molecule has 1 N–H and O–H groups in total. The monoisotopic (exact) mass is 541 g/mol. The first kappa shape index (κ1) is 26.9. The van der Waals surface area contributed by atoms with Gasteiger partial charge in [0.15, 0.2) is 11.5 Å². The highest BCUT2D eigenvalue weighted by Crippen LogP contribution is 2.33. The van der Waals surface area contributed by atoms with E-state index >= 15 is 0 Å². The van der Waals surface area contributed by atoms with E-state index in [0.29, 0.717) is 30.1 Å². The Bertz CT molecular complexity index is 1460. The van der Waals surface area contributed by atoms with Crippen LogP contribution in [0.15, 0.2) is 65.6 Å². The number of rotatable bonds is 9. The van der Waals surface area contributed by atoms with Gasteiger partial charge in [0, 0.05) is 30.4 Å². The maximum Gasteiger partial charge on any atom is 0.264 e. The number of hydrogen-bond donors (Lipinski definition) is 1. The van der Waals surface area contributed by atoms with Gasteiger partial charge >= 0.3 is 0 Å². The quantitative estimate of drug-likeness (QED) is 0.437. The number of anilines is 3. The van der Waals surface area contributed by atoms with E-state index in [-0.39, 0.29) is 22.2 Å². The summed E-state index contributed by atoms with van der Waals surface area (Å²) in [6.07, 6.45) is 1.23. The van der Waals surface area contributed by atoms with Crippen LogP contribution < -0.4 is 24.0 Å². The second kappa shape index (κ2) is 11.1. The van der Waals surface area contributed by atoms with Gasteiger partial charge < -0.3 is 19.7 Å². The van der Waals surface area contributed by atoms with Crippen molar-refractivity contribution in [2.24, 2.45) is 0 Å². The summed E-state index contributed by atoms with van der Waals surface area (Å²) in [4.78, 5) is 26.9. The summed E-state index contributed by atoms with van der Waals surface area (Å²) < 4.78 is 52.3. The van der Waals surface area contributed by atoms with Gasteiger partial charge in [-0.3, -0.25) is 13.9 Å². The Morgan fingerprint density at radius 1 is 1.03 bits per heavy atom. The number of nitrogens with one attached hydrogen (secondary N) is 1. The maximum atomic E-state index is 13.7. The third-order valence-corrected chi connectivity index (χ3v) is 7.97. The fourth-order valence-electron chi connectivity index (χ4n) is 4.24. The van der Waals surface area contributed by atoms with Crippen LogP contribution in [-0.4, -0.2) is 47.5 Å². The Morgan fingerprint density at radius 3 is 2.37 bits per heavy atom. The van der Waals surface area contributed by atoms with Gasteiger partial charge in [0.1, 0.15) is 12.4 Å². The largest absolute Gasteiger partial charge is 0.493 e. The molecule has 0 saturated carbocycles. The third-order valence-electron chi connectivity index (χ3n) is 6.20. The first-order chi connectivity index (χ1) is 18.1. The molecule has 1 saturated heterocycles. The lowest BCUT2D eigenvalue weighted by atomic mass is 10.1. The minimum absolute atomic E-state index is 0.0140. The molecule has 11 heteroatoms. The number of amides is 2. The van der Waals surface area contributed by atoms with Gasteiger partial charge in [-0.25, -0.2) is 12.8 Å². The molecule has 0 bridgehead atoms. The van der Waals surface area contributed by atoms with Crippen molar-refractivity contribution in [3.05, 3.63) is 72.0 Å². The third kappa shape index (κ3) is 5.57. The van der Waals surface area contributed by atoms with Crippen molar-refractivity contribution in [2.45, 2.75) is 24.7 Å². The molecular weight excluding hydrogens is 513 g/mol. The smallest absolute Gasteiger partial charge is 0.264 e. The maximum absolute atomic E-state index is 13.7. The van der Waals surface area contributed by atoms with Gasteiger partial charge in [-0.2, -0.15) is 0 Å². The Hall–Kier alpha value is -4.12. The molecular formula is C27H28FN3O6S. The molecule has 200 valence electrons. The van der Waals surface area contributed by atoms with Crippen LogP contribution in [0.2, 0.25) is 0 Å². The minimum Gasteiger partial charge on any atom is -0.493 e. The van der Waals surface area contributed by atoms with E-state index in [1.54, 1.807) is 23.1 Å². The first-order valence-corrected chi connectivity index (χ1v) is 13.3. The van der Waals surface area contributed by atoms with E-state index < -0.39 is 28.3 Å². The average molecular weight is 542 g/mol. The summed E-state index contributed by atoms with van der Waals surface area (Å²) in [5, 5.41) is 2.72. The number of methoxy groups -OCH3 is 2. The van der Waals surface area contributed by atoms with E-state index in [4.69, 9.17) is 9.47 Å². The van der Waals surface area contributed by atoms with Gasteiger partial charge in [0.2, 0.25) is 11.8 Å². The summed E-state index contributed by atoms with van der Waals surface area (Å²) in [7, 11) is -1.48. The Kier molecular flexibility index (Phi) is 7.86. The molecule has 9 nitrogen and oxygen atoms in total. The summed E-state index contributed by atoms with van der Waals surface area (Å²) >= 11 is 0. The Morgan fingerprint density at radius 2 is 1.74 bits per heavy atom. The van der Waals surface area contributed by atoms with Crippen LogP contribution in [0.4, 0.5) is 21.5 Å². The van der Waals surface area contributed by atoms with E-state index in [0.717, 1.165) is 28.4 Å². The van der Waals surface area contributed by atoms with Gasteiger partial charge in [0.05, 0.1) is 24.8 Å². The molecule has 1 heterocycles. The molecule has 0 atom stereocenters. The highest BCUT2D eigenvalue weighted by atomic mass is 32.2. The minimum atomic E-state index is -4.29. The average Bonchev–Trinajstić information content (AvgIpc) is 3.34. The van der Waals surface area contributed by atoms with E-state index in [9.17, 15) is 22.4 Å². The zero-order valence-electron chi connectivity index (χ0n) is 21.2. The molecule has 1 aliphatic rings. The first-order valence-electron chi connectivity index (χ1n) is 11.8. The van der Waals surface area contributed by atoms with Crippen LogP contribution in [0, 0.1) is 12.7 Å². The summed E-state index contributed by atoms with van der Waals surface area (Å²) in [6.45, 7) is 1.88. The Balaban J connectivity index is 1.64. The lowest BCUT2D eigenvalue weighted by Crippen LogP contribution is -2.38. The number of nitrogens with zero attached hydrogens (tertiary/aromatic N) is 2. The fraction of sp³-hybridized carbons (Fsp3) is 0.259. The Labute approximate surface area is 220 Å². The second-order valence-electron chi connectivity index (χ2n) is 8.70. The summed E-state index contributed by atoms with van der Waals surface area (Å²) in [5.41, 5.74) is 2.09. The molecule has 2 amide bonds. The number of carbonyl (C=O) groups is 2. The topological polar surface area (TPSA) is 105 Å². The van der Waals surface area contributed by atoms with Crippen LogP contribution in [-0.2, 0) is 19.6 Å². The van der Waals surface area contributed by atoms with E-state index in [2.05, 4.69) is 5.32 Å². The number of benzene rings is 3. The molecule has 3 aromatic rings. The van der Waals surface area contributed by atoms with Gasteiger partial charge in [-0.15, -0.1) is 0 Å². The fourth-order valence-corrected chi connectivity index (χ4v) is 5.68. The van der Waals surface area contributed by atoms with Crippen LogP contribution in [0.5, 0.6) is 11.5 Å². The van der Waals surface area contributed by atoms with Crippen molar-refractivity contribution in [1.82, 2.24) is 0 Å². The zero-order valence-corrected chi connectivity index (χ0v) is 22.0. The van der Waals surface area contributed by atoms with Crippen molar-refractivity contribution >= 4 is 38.9 Å². The van der Waals surface area contributed by atoms with Crippen LogP contribution in [0.1, 0.15) is 18.4 Å². The molecule has 0 aliphatic carbocycles. The number of aryl methyl sites for hydroxylation is 1. The number of sulfonamides is 1. The number of halogens is 1. The molecule has 38 heavy (non-hydrogen) atoms. The van der Waals surface area contributed by atoms with Crippen molar-refractivity contribution in [1.29, 1.82) is 0 Å². The zero-order chi connectivity index (χ0) is 27.4. The van der Waals surface area contributed by atoms with Crippen molar-refractivity contribution in [2.75, 3.05) is 41.8 Å². The molecule has 0 spiro atoms. The van der Waals surface area contributed by atoms with Crippen LogP contribution in [0.25, 0.3) is 0 Å². The molecule has 3 aromatic carbocycles. The van der Waals surface area contributed by atoms with Crippen molar-refractivity contribution in [3.63, 3.8) is 0 Å². The van der Waals surface area contributed by atoms with Gasteiger partial charge in [0.25, 0.3) is 10.0 Å². The molecule has 1 fully saturated rings. The van der Waals surface area contributed by atoms with Gasteiger partial charge in [-0.05, 0) is 67.4 Å². The number of hydrogen-bond acceptors (Lipinski definition) is 6. The predicted molar refractivity (Wildman–Crippen MR) is 142 cm³/mol. The number of ether oxygens (including phenoxy) is 2. The standard InChI is InChI=1S/C27H28FN3O6S/c1-18-6-9-20(15-23(18)30-14-4-5-27(30)33)29-26(32)17-31(21-10-7-19(28)8-11-21)38(34,35)22-12-13-24(36-2)25(16-22)37-3/h6-13,15-16H,4-5,14,17H2,1-3H3,(H,29,32). The molecule has 0 radical (unpaired) electrons. The lowest BCUT2D eigenvalue weighted by molar-refractivity contribution is -0.117. The molecule has 4 rings (SSSR count). The molecule has 1 aliphatic heterocycles. The van der Waals surface area contributed by atoms with E-state index in [1.807, 2.05) is 6.92 Å². The summed E-state index contributed by atoms with van der Waals surface area (Å²) in [6, 6.07) is 14.0. The normalized spacial score (nSPS) is 13.4. The van der Waals surface area contributed by atoms with Crippen LogP contribution >= 0.6 is 0 Å². The SMILES string of the molecule is COc1ccc(S(=O)(=O)N(CC(=O)Nc2ccc(C)c(N3CCCC3=O)c2)c2ccc(F)cc2)cc1OC. The van der Waals surface area contributed by atoms with E-state index in [1.165, 1.54) is 44.6 Å². The second-order valence-corrected chi connectivity index (χ2v) is 10.6. The van der Waals surface area contributed by atoms with Crippen molar-refractivity contribution in [3.8, 4) is 11.5 Å². The molecule has 0 unspecified atom stereocenters. The number of carbonyl (C=O) groups excluding carboxylic acids is 2. The van der Waals surface area contributed by atoms with Gasteiger partial charge in [-0.1, -0.05) is 6.07 Å². The summed E-state index contributed by atoms with van der Waals surface area (Å²) in [5.74, 6) is -0.628. The lowest BCUT2D eigenvalue weighted by Gasteiger charge is -2.25. The highest BCUT2D eigenvalue weighted by Gasteiger charge is 2.29. The predicted octanol–water partition coefficient (Wildman–Crippen LogP) is 4.11. The van der Waals surface area contributed by atoms with Crippen LogP contribution in [0.3, 0.4) is 0 Å².